The number of benzene rings is 1. The van der Waals surface area contributed by atoms with Crippen LogP contribution in [0.3, 0.4) is 0 Å². The molecule has 0 saturated carbocycles. The third-order valence-electron chi connectivity index (χ3n) is 4.07. The van der Waals surface area contributed by atoms with Crippen LogP contribution in [0.2, 0.25) is 0 Å². The number of aromatic carboxylic acids is 1. The summed E-state index contributed by atoms with van der Waals surface area (Å²) in [5.74, 6) is -1.13. The highest BCUT2D eigenvalue weighted by molar-refractivity contribution is 5.91. The lowest BCUT2D eigenvalue weighted by atomic mass is 9.97. The molecule has 0 aromatic heterocycles. The van der Waals surface area contributed by atoms with Gasteiger partial charge in [-0.15, -0.1) is 0 Å². The normalized spacial score (nSPS) is 20.9. The molecule has 0 bridgehead atoms. The maximum atomic E-state index is 12.4. The fourth-order valence-corrected chi connectivity index (χ4v) is 2.90. The molecule has 0 aliphatic carbocycles. The van der Waals surface area contributed by atoms with Gasteiger partial charge in [0.05, 0.1) is 5.56 Å². The minimum Gasteiger partial charge on any atom is -0.478 e. The maximum Gasteiger partial charge on any atom is 0.335 e. The molecule has 1 fully saturated rings. The number of nitrogens with one attached hydrogen (secondary N) is 1. The van der Waals surface area contributed by atoms with Gasteiger partial charge >= 0.3 is 5.97 Å². The number of carboxylic acid groups (broad SMARTS) is 1. The first-order valence-electron chi connectivity index (χ1n) is 6.98. The lowest BCUT2D eigenvalue weighted by molar-refractivity contribution is -0.135. The molecular weight excluding hydrogens is 272 g/mol. The van der Waals surface area contributed by atoms with Crippen molar-refractivity contribution in [2.75, 3.05) is 6.54 Å². The number of amides is 2. The molecule has 2 heterocycles. The Morgan fingerprint density at radius 1 is 1.24 bits per heavy atom. The van der Waals surface area contributed by atoms with Crippen LogP contribution in [0.15, 0.2) is 18.2 Å². The van der Waals surface area contributed by atoms with Gasteiger partial charge in [-0.25, -0.2) is 4.79 Å². The molecular formula is C15H16N2O4. The van der Waals surface area contributed by atoms with E-state index in [4.69, 9.17) is 5.11 Å². The Balaban J connectivity index is 1.77. The SMILES string of the molecule is O=C1CC[C@H](C(=O)N2CCc3ccc(C(=O)O)cc3C2)N1. The maximum absolute atomic E-state index is 12.4. The van der Waals surface area contributed by atoms with E-state index < -0.39 is 12.0 Å². The van der Waals surface area contributed by atoms with Crippen LogP contribution in [-0.4, -0.2) is 40.4 Å². The Morgan fingerprint density at radius 2 is 2.05 bits per heavy atom. The average Bonchev–Trinajstić information content (AvgIpc) is 2.91. The van der Waals surface area contributed by atoms with Crippen LogP contribution in [-0.2, 0) is 22.6 Å². The zero-order valence-electron chi connectivity index (χ0n) is 11.5. The van der Waals surface area contributed by atoms with E-state index in [1.54, 1.807) is 17.0 Å². The van der Waals surface area contributed by atoms with Crippen LogP contribution >= 0.6 is 0 Å². The lowest BCUT2D eigenvalue weighted by Gasteiger charge is -2.31. The summed E-state index contributed by atoms with van der Waals surface area (Å²) in [6, 6.07) is 4.61. The van der Waals surface area contributed by atoms with Crippen LogP contribution in [0.25, 0.3) is 0 Å². The van der Waals surface area contributed by atoms with Gasteiger partial charge in [0.15, 0.2) is 0 Å². The predicted molar refractivity (Wildman–Crippen MR) is 73.7 cm³/mol. The van der Waals surface area contributed by atoms with Gasteiger partial charge in [-0.1, -0.05) is 6.07 Å². The van der Waals surface area contributed by atoms with Crippen molar-refractivity contribution in [2.24, 2.45) is 0 Å². The molecule has 1 atom stereocenters. The van der Waals surface area contributed by atoms with Crippen LogP contribution in [0.5, 0.6) is 0 Å². The van der Waals surface area contributed by atoms with E-state index in [0.717, 1.165) is 11.1 Å². The first-order chi connectivity index (χ1) is 10.0. The van der Waals surface area contributed by atoms with Gasteiger partial charge in [0.25, 0.3) is 0 Å². The van der Waals surface area contributed by atoms with E-state index in [0.29, 0.717) is 32.4 Å². The average molecular weight is 288 g/mol. The van der Waals surface area contributed by atoms with Crippen LogP contribution < -0.4 is 5.32 Å². The van der Waals surface area contributed by atoms with E-state index in [9.17, 15) is 14.4 Å². The molecule has 0 spiro atoms. The lowest BCUT2D eigenvalue weighted by Crippen LogP contribution is -2.46. The first-order valence-corrected chi connectivity index (χ1v) is 6.98. The van der Waals surface area contributed by atoms with Gasteiger partial charge in [0.1, 0.15) is 6.04 Å². The van der Waals surface area contributed by atoms with Gasteiger partial charge in [-0.05, 0) is 36.1 Å². The van der Waals surface area contributed by atoms with Gasteiger partial charge < -0.3 is 15.3 Å². The van der Waals surface area contributed by atoms with Crippen molar-refractivity contribution in [3.63, 3.8) is 0 Å². The zero-order valence-corrected chi connectivity index (χ0v) is 11.5. The van der Waals surface area contributed by atoms with Gasteiger partial charge in [0, 0.05) is 19.5 Å². The number of hydrogen-bond donors (Lipinski definition) is 2. The Labute approximate surface area is 121 Å². The van der Waals surface area contributed by atoms with Crippen LogP contribution in [0.1, 0.15) is 34.3 Å². The van der Waals surface area contributed by atoms with Crippen LogP contribution in [0, 0.1) is 0 Å². The van der Waals surface area contributed by atoms with E-state index in [1.165, 1.54) is 0 Å². The van der Waals surface area contributed by atoms with Crippen molar-refractivity contribution in [3.8, 4) is 0 Å². The molecule has 2 aliphatic heterocycles. The van der Waals surface area contributed by atoms with E-state index in [1.807, 2.05) is 6.07 Å². The highest BCUT2D eigenvalue weighted by Gasteiger charge is 2.32. The Morgan fingerprint density at radius 3 is 2.71 bits per heavy atom. The quantitative estimate of drug-likeness (QED) is 0.832. The molecule has 2 N–H and O–H groups in total. The van der Waals surface area contributed by atoms with Crippen molar-refractivity contribution in [3.05, 3.63) is 34.9 Å². The molecule has 6 nitrogen and oxygen atoms in total. The summed E-state index contributed by atoms with van der Waals surface area (Å²) in [4.78, 5) is 36.3. The van der Waals surface area contributed by atoms with Crippen molar-refractivity contribution in [1.29, 1.82) is 0 Å². The summed E-state index contributed by atoms with van der Waals surface area (Å²) in [5.41, 5.74) is 2.19. The summed E-state index contributed by atoms with van der Waals surface area (Å²) in [5, 5.41) is 11.7. The zero-order chi connectivity index (χ0) is 15.0. The number of fused-ring (bicyclic) bond motifs is 1. The highest BCUT2D eigenvalue weighted by Crippen LogP contribution is 2.22. The molecule has 2 amide bonds. The fourth-order valence-electron chi connectivity index (χ4n) is 2.90. The smallest absolute Gasteiger partial charge is 0.335 e. The number of rotatable bonds is 2. The van der Waals surface area contributed by atoms with E-state index >= 15 is 0 Å². The summed E-state index contributed by atoms with van der Waals surface area (Å²) < 4.78 is 0. The van der Waals surface area contributed by atoms with Gasteiger partial charge in [0.2, 0.25) is 11.8 Å². The second-order valence-electron chi connectivity index (χ2n) is 5.46. The summed E-state index contributed by atoms with van der Waals surface area (Å²) in [6.45, 7) is 1.01. The minimum atomic E-state index is -0.968. The van der Waals surface area contributed by atoms with Crippen molar-refractivity contribution in [2.45, 2.75) is 31.8 Å². The largest absolute Gasteiger partial charge is 0.478 e. The number of carbonyl (C=O) groups excluding carboxylic acids is 2. The van der Waals surface area contributed by atoms with E-state index in [2.05, 4.69) is 5.32 Å². The van der Waals surface area contributed by atoms with Gasteiger partial charge in [-0.2, -0.15) is 0 Å². The van der Waals surface area contributed by atoms with Crippen molar-refractivity contribution >= 4 is 17.8 Å². The second-order valence-corrected chi connectivity index (χ2v) is 5.46. The third kappa shape index (κ3) is 2.61. The second kappa shape index (κ2) is 5.20. The fraction of sp³-hybridized carbons (Fsp3) is 0.400. The monoisotopic (exact) mass is 288 g/mol. The number of nitrogens with zero attached hydrogens (tertiary/aromatic N) is 1. The minimum absolute atomic E-state index is 0.0766. The third-order valence-corrected chi connectivity index (χ3v) is 4.07. The van der Waals surface area contributed by atoms with E-state index in [-0.39, 0.29) is 17.4 Å². The van der Waals surface area contributed by atoms with Crippen LogP contribution in [0.4, 0.5) is 0 Å². The Hall–Kier alpha value is -2.37. The molecule has 0 unspecified atom stereocenters. The molecule has 1 aromatic rings. The molecule has 1 aromatic carbocycles. The Kier molecular flexibility index (Phi) is 3.37. The number of carboxylic acids is 1. The molecule has 6 heteroatoms. The number of carbonyl (C=O) groups is 3. The molecule has 0 radical (unpaired) electrons. The number of hydrogen-bond acceptors (Lipinski definition) is 3. The predicted octanol–water partition coefficient (Wildman–Crippen LogP) is 0.548. The molecule has 21 heavy (non-hydrogen) atoms. The molecule has 110 valence electrons. The summed E-state index contributed by atoms with van der Waals surface area (Å²) in [7, 11) is 0. The molecule has 3 rings (SSSR count). The summed E-state index contributed by atoms with van der Waals surface area (Å²) in [6.07, 6.45) is 1.64. The summed E-state index contributed by atoms with van der Waals surface area (Å²) >= 11 is 0. The Bertz CT molecular complexity index is 626. The topological polar surface area (TPSA) is 86.7 Å². The van der Waals surface area contributed by atoms with Gasteiger partial charge in [-0.3, -0.25) is 9.59 Å². The first kappa shape index (κ1) is 13.6. The highest BCUT2D eigenvalue weighted by atomic mass is 16.4. The standard InChI is InChI=1S/C15H16N2O4/c18-13-4-3-12(16-13)14(19)17-6-5-9-1-2-10(15(20)21)7-11(9)8-17/h1-2,7,12H,3-6,8H2,(H,16,18)(H,20,21)/t12-/m1/s1. The van der Waals surface area contributed by atoms with Crippen molar-refractivity contribution < 1.29 is 19.5 Å². The molecule has 1 saturated heterocycles. The molecule has 2 aliphatic rings. The van der Waals surface area contributed by atoms with Crippen molar-refractivity contribution in [1.82, 2.24) is 10.2 Å².